The number of morpholine rings is 1. The van der Waals surface area contributed by atoms with E-state index in [1.807, 2.05) is 11.8 Å². The number of carbonyl (C=O) groups excluding carboxylic acids is 1. The number of nitrogens with zero attached hydrogens (tertiary/aromatic N) is 9. The van der Waals surface area contributed by atoms with Gasteiger partial charge < -0.3 is 30.3 Å². The van der Waals surface area contributed by atoms with Crippen molar-refractivity contribution >= 4 is 34.8 Å². The molecule has 5 heterocycles. The molecule has 3 aromatic heterocycles. The summed E-state index contributed by atoms with van der Waals surface area (Å²) >= 11 is 0. The summed E-state index contributed by atoms with van der Waals surface area (Å²) in [5.74, 6) is 2.62. The molecule has 0 saturated carbocycles. The molecule has 2 aliphatic rings. The highest BCUT2D eigenvalue weighted by atomic mass is 16.5. The van der Waals surface area contributed by atoms with Crippen LogP contribution >= 0.6 is 0 Å². The molecule has 2 saturated heterocycles. The fourth-order valence-electron chi connectivity index (χ4n) is 5.21. The van der Waals surface area contributed by atoms with Crippen molar-refractivity contribution in [3.05, 3.63) is 12.4 Å². The summed E-state index contributed by atoms with van der Waals surface area (Å²) in [4.78, 5) is 42.4. The summed E-state index contributed by atoms with van der Waals surface area (Å²) in [5, 5.41) is 9.71. The first kappa shape index (κ1) is 27.0. The van der Waals surface area contributed by atoms with Crippen LogP contribution in [-0.4, -0.2) is 103 Å². The van der Waals surface area contributed by atoms with Gasteiger partial charge >= 0.3 is 0 Å². The molecule has 3 N–H and O–H groups in total. The van der Waals surface area contributed by atoms with Crippen molar-refractivity contribution in [2.45, 2.75) is 52.8 Å². The number of carbonyl (C=O) groups is 1. The lowest BCUT2D eigenvalue weighted by Gasteiger charge is -2.40. The number of imidazole rings is 1. The third-order valence-corrected chi connectivity index (χ3v) is 7.05. The van der Waals surface area contributed by atoms with Gasteiger partial charge in [0.05, 0.1) is 31.3 Å². The minimum atomic E-state index is -0.657. The van der Waals surface area contributed by atoms with Crippen LogP contribution in [0.4, 0.5) is 17.7 Å². The van der Waals surface area contributed by atoms with Crippen molar-refractivity contribution in [3.8, 4) is 11.4 Å². The molecule has 1 unspecified atom stereocenters. The highest BCUT2D eigenvalue weighted by Gasteiger charge is 2.32. The Morgan fingerprint density at radius 3 is 2.44 bits per heavy atom. The van der Waals surface area contributed by atoms with E-state index in [-0.39, 0.29) is 24.3 Å². The fourth-order valence-corrected chi connectivity index (χ4v) is 5.21. The second-order valence-corrected chi connectivity index (χ2v) is 10.8. The van der Waals surface area contributed by atoms with Gasteiger partial charge in [0.25, 0.3) is 0 Å². The van der Waals surface area contributed by atoms with Gasteiger partial charge in [-0.3, -0.25) is 9.36 Å². The molecule has 0 aliphatic carbocycles. The second-order valence-electron chi connectivity index (χ2n) is 10.8. The van der Waals surface area contributed by atoms with Gasteiger partial charge in [0, 0.05) is 57.7 Å². The Morgan fingerprint density at radius 1 is 1.08 bits per heavy atom. The minimum absolute atomic E-state index is 0.0235. The Hall–Kier alpha value is -3.58. The molecule has 3 aromatic rings. The molecule has 5 rings (SSSR count). The van der Waals surface area contributed by atoms with Gasteiger partial charge in [-0.1, -0.05) is 13.8 Å². The largest absolute Gasteiger partial charge is 0.393 e. The Balaban J connectivity index is 1.58. The van der Waals surface area contributed by atoms with E-state index in [4.69, 9.17) is 25.4 Å². The van der Waals surface area contributed by atoms with E-state index in [2.05, 4.69) is 38.2 Å². The van der Waals surface area contributed by atoms with Crippen LogP contribution in [0.3, 0.4) is 0 Å². The molecule has 0 aromatic carbocycles. The van der Waals surface area contributed by atoms with E-state index in [0.717, 1.165) is 29.5 Å². The molecule has 0 bridgehead atoms. The maximum atomic E-state index is 12.7. The van der Waals surface area contributed by atoms with Gasteiger partial charge in [-0.05, 0) is 19.8 Å². The topological polar surface area (TPSA) is 152 Å². The van der Waals surface area contributed by atoms with E-state index in [9.17, 15) is 9.90 Å². The van der Waals surface area contributed by atoms with Gasteiger partial charge in [0.2, 0.25) is 17.8 Å². The van der Waals surface area contributed by atoms with Crippen LogP contribution in [0.1, 0.15) is 34.1 Å². The molecule has 0 radical (unpaired) electrons. The number of rotatable bonds is 7. The SMILES string of the molecule is CC(C)Cn1c(N2CCN(C(=O)C[C@H](C)O)C(C)C2)nc2c(N3CCOCC3)nc(-c3cnc(N)nc3)nc21. The van der Waals surface area contributed by atoms with Gasteiger partial charge in [0.1, 0.15) is 0 Å². The monoisotopic (exact) mass is 538 g/mol. The number of ether oxygens (including phenoxy) is 1. The smallest absolute Gasteiger partial charge is 0.225 e. The van der Waals surface area contributed by atoms with E-state index >= 15 is 0 Å². The summed E-state index contributed by atoms with van der Waals surface area (Å²) in [5.41, 5.74) is 7.90. The second kappa shape index (κ2) is 11.3. The lowest BCUT2D eigenvalue weighted by molar-refractivity contribution is -0.135. The number of hydrogen-bond donors (Lipinski definition) is 2. The van der Waals surface area contributed by atoms with E-state index in [0.29, 0.717) is 63.2 Å². The molecule has 2 aliphatic heterocycles. The van der Waals surface area contributed by atoms with Crippen molar-refractivity contribution in [1.82, 2.24) is 34.4 Å². The Bertz CT molecular complexity index is 1300. The minimum Gasteiger partial charge on any atom is -0.393 e. The normalized spacial score (nSPS) is 19.2. The van der Waals surface area contributed by atoms with Crippen molar-refractivity contribution < 1.29 is 14.6 Å². The molecule has 13 heteroatoms. The van der Waals surface area contributed by atoms with Crippen LogP contribution in [0.5, 0.6) is 0 Å². The van der Waals surface area contributed by atoms with Crippen LogP contribution in [0, 0.1) is 5.92 Å². The molecule has 210 valence electrons. The number of nitrogen functional groups attached to an aromatic ring is 1. The molecule has 13 nitrogen and oxygen atoms in total. The lowest BCUT2D eigenvalue weighted by atomic mass is 10.1. The van der Waals surface area contributed by atoms with Crippen LogP contribution in [0.15, 0.2) is 12.4 Å². The van der Waals surface area contributed by atoms with Gasteiger partial charge in [-0.2, -0.15) is 0 Å². The number of aromatic nitrogens is 6. The summed E-state index contributed by atoms with van der Waals surface area (Å²) in [6.07, 6.45) is 2.76. The van der Waals surface area contributed by atoms with Crippen LogP contribution in [-0.2, 0) is 16.1 Å². The van der Waals surface area contributed by atoms with Crippen LogP contribution in [0.2, 0.25) is 0 Å². The molecule has 1 amide bonds. The standard InChI is InChI=1S/C26H38N10O3/c1-16(2)14-36-24-21(30-26(36)34-5-6-35(17(3)15-34)20(38)11-18(4)37)23(33-7-9-39-10-8-33)31-22(32-24)19-12-28-25(27)29-13-19/h12-13,16-18,37H,5-11,14-15H2,1-4H3,(H2,27,28,29)/t17?,18-/m0/s1. The van der Waals surface area contributed by atoms with Gasteiger partial charge in [-0.25, -0.2) is 24.9 Å². The predicted octanol–water partition coefficient (Wildman–Crippen LogP) is 1.17. The number of amides is 1. The first-order valence-electron chi connectivity index (χ1n) is 13.6. The number of fused-ring (bicyclic) bond motifs is 1. The van der Waals surface area contributed by atoms with Crippen molar-refractivity contribution in [2.75, 3.05) is 61.5 Å². The fraction of sp³-hybridized carbons (Fsp3) is 0.615. The van der Waals surface area contributed by atoms with Crippen LogP contribution in [0.25, 0.3) is 22.6 Å². The quantitative estimate of drug-likeness (QED) is 0.446. The number of nitrogens with two attached hydrogens (primary N) is 1. The highest BCUT2D eigenvalue weighted by Crippen LogP contribution is 2.32. The summed E-state index contributed by atoms with van der Waals surface area (Å²) in [6.45, 7) is 13.2. The average Bonchev–Trinajstić information content (AvgIpc) is 3.26. The van der Waals surface area contributed by atoms with E-state index in [1.165, 1.54) is 0 Å². The summed E-state index contributed by atoms with van der Waals surface area (Å²) in [7, 11) is 0. The van der Waals surface area contributed by atoms with Crippen molar-refractivity contribution in [1.29, 1.82) is 0 Å². The molecular formula is C26H38N10O3. The first-order valence-corrected chi connectivity index (χ1v) is 13.6. The Kier molecular flexibility index (Phi) is 7.80. The average molecular weight is 539 g/mol. The molecule has 2 atom stereocenters. The predicted molar refractivity (Wildman–Crippen MR) is 148 cm³/mol. The molecular weight excluding hydrogens is 500 g/mol. The summed E-state index contributed by atoms with van der Waals surface area (Å²) < 4.78 is 7.78. The van der Waals surface area contributed by atoms with Crippen LogP contribution < -0.4 is 15.5 Å². The van der Waals surface area contributed by atoms with Crippen molar-refractivity contribution in [3.63, 3.8) is 0 Å². The zero-order valence-electron chi connectivity index (χ0n) is 23.1. The first-order chi connectivity index (χ1) is 18.7. The molecule has 0 spiro atoms. The summed E-state index contributed by atoms with van der Waals surface area (Å²) in [6, 6.07) is -0.0235. The number of aliphatic hydroxyl groups is 1. The zero-order valence-corrected chi connectivity index (χ0v) is 23.1. The van der Waals surface area contributed by atoms with Gasteiger partial charge in [-0.15, -0.1) is 0 Å². The van der Waals surface area contributed by atoms with E-state index < -0.39 is 6.10 Å². The third-order valence-electron chi connectivity index (χ3n) is 7.05. The van der Waals surface area contributed by atoms with Gasteiger partial charge in [0.15, 0.2) is 22.8 Å². The molecule has 2 fully saturated rings. The number of hydrogen-bond acceptors (Lipinski definition) is 11. The number of anilines is 3. The van der Waals surface area contributed by atoms with Crippen molar-refractivity contribution in [2.24, 2.45) is 5.92 Å². The maximum Gasteiger partial charge on any atom is 0.225 e. The number of piperazine rings is 1. The maximum absolute atomic E-state index is 12.7. The third kappa shape index (κ3) is 5.74. The Labute approximate surface area is 228 Å². The lowest BCUT2D eigenvalue weighted by Crippen LogP contribution is -2.55. The van der Waals surface area contributed by atoms with E-state index in [1.54, 1.807) is 19.3 Å². The molecule has 39 heavy (non-hydrogen) atoms. The highest BCUT2D eigenvalue weighted by molar-refractivity contribution is 5.88. The number of aliphatic hydroxyl groups excluding tert-OH is 1. The Morgan fingerprint density at radius 2 is 1.79 bits per heavy atom. The zero-order chi connectivity index (χ0) is 27.7.